The van der Waals surface area contributed by atoms with Gasteiger partial charge in [-0.15, -0.1) is 0 Å². The zero-order valence-electron chi connectivity index (χ0n) is 14.3. The smallest absolute Gasteiger partial charge is 0.227 e. The lowest BCUT2D eigenvalue weighted by atomic mass is 10.1. The summed E-state index contributed by atoms with van der Waals surface area (Å²) in [5.41, 5.74) is 3.04. The van der Waals surface area contributed by atoms with Gasteiger partial charge in [0.2, 0.25) is 17.6 Å². The third kappa shape index (κ3) is 4.50. The molecule has 0 radical (unpaired) electrons. The van der Waals surface area contributed by atoms with E-state index < -0.39 is 0 Å². The van der Waals surface area contributed by atoms with Crippen molar-refractivity contribution in [1.82, 2.24) is 20.4 Å². The molecule has 1 aromatic carbocycles. The summed E-state index contributed by atoms with van der Waals surface area (Å²) in [5.74, 6) is 0.935. The fourth-order valence-corrected chi connectivity index (χ4v) is 2.43. The van der Waals surface area contributed by atoms with Crippen LogP contribution in [-0.2, 0) is 11.2 Å². The van der Waals surface area contributed by atoms with E-state index in [4.69, 9.17) is 4.52 Å². The van der Waals surface area contributed by atoms with Crippen molar-refractivity contribution < 1.29 is 9.32 Å². The first-order chi connectivity index (χ1) is 12.1. The number of rotatable bonds is 6. The zero-order valence-corrected chi connectivity index (χ0v) is 14.3. The molecule has 6 nitrogen and oxygen atoms in total. The second kappa shape index (κ2) is 7.70. The number of carbonyl (C=O) groups excluding carboxylic acids is 1. The number of carbonyl (C=O) groups is 1. The molecule has 0 unspecified atom stereocenters. The Bertz CT molecular complexity index is 828. The first-order valence-corrected chi connectivity index (χ1v) is 8.21. The molecule has 2 aromatic heterocycles. The van der Waals surface area contributed by atoms with Gasteiger partial charge in [0.05, 0.1) is 6.04 Å². The molecule has 6 heteroatoms. The van der Waals surface area contributed by atoms with Crippen LogP contribution in [0.5, 0.6) is 0 Å². The molecule has 0 aliphatic carbocycles. The molecular formula is C19H20N4O2. The zero-order chi connectivity index (χ0) is 17.6. The lowest BCUT2D eigenvalue weighted by Gasteiger charge is -2.13. The van der Waals surface area contributed by atoms with Gasteiger partial charge in [-0.25, -0.2) is 0 Å². The van der Waals surface area contributed by atoms with Crippen LogP contribution in [0.25, 0.3) is 11.4 Å². The molecule has 1 N–H and O–H groups in total. The molecule has 3 aromatic rings. The van der Waals surface area contributed by atoms with Gasteiger partial charge in [0, 0.05) is 30.8 Å². The Kier molecular flexibility index (Phi) is 5.18. The minimum atomic E-state index is -0.0907. The number of nitrogens with one attached hydrogen (secondary N) is 1. The molecule has 1 amide bonds. The fraction of sp³-hybridized carbons (Fsp3) is 0.263. The van der Waals surface area contributed by atoms with Crippen molar-refractivity contribution in [3.8, 4) is 11.4 Å². The van der Waals surface area contributed by atoms with Crippen LogP contribution in [-0.4, -0.2) is 21.0 Å². The van der Waals surface area contributed by atoms with E-state index >= 15 is 0 Å². The Morgan fingerprint density at radius 2 is 2.04 bits per heavy atom. The van der Waals surface area contributed by atoms with Crippen molar-refractivity contribution in [1.29, 1.82) is 0 Å². The van der Waals surface area contributed by atoms with Crippen molar-refractivity contribution in [2.45, 2.75) is 32.7 Å². The maximum atomic E-state index is 12.1. The van der Waals surface area contributed by atoms with Gasteiger partial charge in [-0.1, -0.05) is 41.1 Å². The summed E-state index contributed by atoms with van der Waals surface area (Å²) < 4.78 is 5.24. The summed E-state index contributed by atoms with van der Waals surface area (Å²) in [6, 6.07) is 11.6. The standard InChI is InChI=1S/C19H20N4O2/c1-13-5-7-15(8-6-13)19-22-18(25-23-19)10-9-17(24)21-14(2)16-4-3-11-20-12-16/h3-8,11-12,14H,9-10H2,1-2H3,(H,21,24)/t14-/m1/s1. The monoisotopic (exact) mass is 336 g/mol. The van der Waals surface area contributed by atoms with Crippen LogP contribution >= 0.6 is 0 Å². The van der Waals surface area contributed by atoms with Crippen molar-refractivity contribution in [2.75, 3.05) is 0 Å². The van der Waals surface area contributed by atoms with Crippen LogP contribution in [0.2, 0.25) is 0 Å². The fourth-order valence-electron chi connectivity index (χ4n) is 2.43. The quantitative estimate of drug-likeness (QED) is 0.747. The van der Waals surface area contributed by atoms with Crippen LogP contribution < -0.4 is 5.32 Å². The van der Waals surface area contributed by atoms with Gasteiger partial charge in [-0.05, 0) is 25.5 Å². The maximum Gasteiger partial charge on any atom is 0.227 e. The average Bonchev–Trinajstić information content (AvgIpc) is 3.10. The molecule has 0 saturated carbocycles. The van der Waals surface area contributed by atoms with E-state index in [0.717, 1.165) is 11.1 Å². The summed E-state index contributed by atoms with van der Waals surface area (Å²) >= 11 is 0. The van der Waals surface area contributed by atoms with E-state index in [9.17, 15) is 4.79 Å². The summed E-state index contributed by atoms with van der Waals surface area (Å²) in [6.07, 6.45) is 4.15. The summed E-state index contributed by atoms with van der Waals surface area (Å²) in [4.78, 5) is 20.5. The number of nitrogens with zero attached hydrogens (tertiary/aromatic N) is 3. The van der Waals surface area contributed by atoms with Crippen LogP contribution in [0, 0.1) is 6.92 Å². The van der Waals surface area contributed by atoms with Crippen LogP contribution in [0.15, 0.2) is 53.3 Å². The maximum absolute atomic E-state index is 12.1. The van der Waals surface area contributed by atoms with E-state index in [-0.39, 0.29) is 11.9 Å². The van der Waals surface area contributed by atoms with Gasteiger partial charge in [-0.3, -0.25) is 9.78 Å². The highest BCUT2D eigenvalue weighted by atomic mass is 16.5. The van der Waals surface area contributed by atoms with Gasteiger partial charge < -0.3 is 9.84 Å². The minimum Gasteiger partial charge on any atom is -0.350 e. The minimum absolute atomic E-state index is 0.0635. The van der Waals surface area contributed by atoms with E-state index in [1.165, 1.54) is 5.56 Å². The first-order valence-electron chi connectivity index (χ1n) is 8.21. The van der Waals surface area contributed by atoms with Gasteiger partial charge >= 0.3 is 0 Å². The van der Waals surface area contributed by atoms with E-state index in [1.54, 1.807) is 12.4 Å². The van der Waals surface area contributed by atoms with Gasteiger partial charge in [0.25, 0.3) is 0 Å². The Morgan fingerprint density at radius 1 is 1.24 bits per heavy atom. The van der Waals surface area contributed by atoms with Gasteiger partial charge in [0.1, 0.15) is 0 Å². The second-order valence-electron chi connectivity index (χ2n) is 5.95. The first kappa shape index (κ1) is 16.8. The van der Waals surface area contributed by atoms with Gasteiger partial charge in [0.15, 0.2) is 0 Å². The van der Waals surface area contributed by atoms with Crippen LogP contribution in [0.1, 0.15) is 36.4 Å². The summed E-state index contributed by atoms with van der Waals surface area (Å²) in [5, 5.41) is 6.92. The summed E-state index contributed by atoms with van der Waals surface area (Å²) in [6.45, 7) is 3.95. The molecule has 0 saturated heterocycles. The molecule has 128 valence electrons. The molecule has 1 atom stereocenters. The predicted molar refractivity (Wildman–Crippen MR) is 93.6 cm³/mol. The molecule has 0 spiro atoms. The number of hydrogen-bond donors (Lipinski definition) is 1. The van der Waals surface area contributed by atoms with Crippen LogP contribution in [0.3, 0.4) is 0 Å². The third-order valence-corrected chi connectivity index (χ3v) is 3.91. The second-order valence-corrected chi connectivity index (χ2v) is 5.95. The van der Waals surface area contributed by atoms with Crippen molar-refractivity contribution in [3.05, 3.63) is 65.8 Å². The Morgan fingerprint density at radius 3 is 2.76 bits per heavy atom. The van der Waals surface area contributed by atoms with E-state index in [1.807, 2.05) is 50.2 Å². The van der Waals surface area contributed by atoms with Crippen molar-refractivity contribution >= 4 is 5.91 Å². The van der Waals surface area contributed by atoms with Crippen LogP contribution in [0.4, 0.5) is 0 Å². The SMILES string of the molecule is Cc1ccc(-c2noc(CCC(=O)N[C@H](C)c3cccnc3)n2)cc1. The molecule has 3 rings (SSSR count). The molecular weight excluding hydrogens is 316 g/mol. The number of hydrogen-bond acceptors (Lipinski definition) is 5. The lowest BCUT2D eigenvalue weighted by Crippen LogP contribution is -2.26. The highest BCUT2D eigenvalue weighted by Crippen LogP contribution is 2.17. The predicted octanol–water partition coefficient (Wildman–Crippen LogP) is 3.25. The molecule has 0 fully saturated rings. The number of amides is 1. The lowest BCUT2D eigenvalue weighted by molar-refractivity contribution is -0.121. The van der Waals surface area contributed by atoms with Gasteiger partial charge in [-0.2, -0.15) is 4.98 Å². The number of pyridine rings is 1. The molecule has 0 aliphatic rings. The molecule has 0 bridgehead atoms. The van der Waals surface area contributed by atoms with E-state index in [0.29, 0.717) is 24.6 Å². The molecule has 0 aliphatic heterocycles. The summed E-state index contributed by atoms with van der Waals surface area (Å²) in [7, 11) is 0. The Balaban J connectivity index is 1.53. The van der Waals surface area contributed by atoms with Crippen molar-refractivity contribution in [3.63, 3.8) is 0 Å². The largest absolute Gasteiger partial charge is 0.350 e. The third-order valence-electron chi connectivity index (χ3n) is 3.91. The topological polar surface area (TPSA) is 80.9 Å². The highest BCUT2D eigenvalue weighted by Gasteiger charge is 2.13. The number of benzene rings is 1. The number of aryl methyl sites for hydroxylation is 2. The Hall–Kier alpha value is -3.02. The Labute approximate surface area is 146 Å². The number of aromatic nitrogens is 3. The van der Waals surface area contributed by atoms with E-state index in [2.05, 4.69) is 20.4 Å². The average molecular weight is 336 g/mol. The van der Waals surface area contributed by atoms with Crippen molar-refractivity contribution in [2.24, 2.45) is 0 Å². The normalized spacial score (nSPS) is 11.9. The molecule has 2 heterocycles. The highest BCUT2D eigenvalue weighted by molar-refractivity contribution is 5.76. The molecule has 25 heavy (non-hydrogen) atoms.